The maximum Gasteiger partial charge on any atom is 0.411 e. The van der Waals surface area contributed by atoms with E-state index in [4.69, 9.17) is 5.73 Å². The van der Waals surface area contributed by atoms with Gasteiger partial charge in [0, 0.05) is 19.7 Å². The normalized spacial score (nSPS) is 12.7. The minimum absolute atomic E-state index is 0.150. The van der Waals surface area contributed by atoms with E-state index in [0.29, 0.717) is 18.9 Å². The van der Waals surface area contributed by atoms with Gasteiger partial charge in [-0.3, -0.25) is 0 Å². The number of hydrogen-bond acceptors (Lipinski definition) is 3. The van der Waals surface area contributed by atoms with Crippen molar-refractivity contribution in [2.24, 2.45) is 11.7 Å². The van der Waals surface area contributed by atoms with Gasteiger partial charge in [-0.05, 0) is 31.8 Å². The van der Waals surface area contributed by atoms with Crippen molar-refractivity contribution in [3.63, 3.8) is 0 Å². The van der Waals surface area contributed by atoms with Crippen LogP contribution >= 0.6 is 0 Å². The molecule has 0 aromatic carbocycles. The second kappa shape index (κ2) is 9.58. The fraction of sp³-hybridized carbons (Fsp3) is 1.00. The Bertz CT molecular complexity index is 198. The third-order valence-electron chi connectivity index (χ3n) is 2.33. The highest BCUT2D eigenvalue weighted by Crippen LogP contribution is 2.14. The van der Waals surface area contributed by atoms with Crippen molar-refractivity contribution in [1.82, 2.24) is 4.90 Å². The molecule has 0 rings (SSSR count). The second-order valence-corrected chi connectivity index (χ2v) is 4.86. The average Bonchev–Trinajstić information content (AvgIpc) is 2.22. The molecule has 0 bridgehead atoms. The highest BCUT2D eigenvalue weighted by molar-refractivity contribution is 4.61. The molecule has 0 aromatic heterocycles. The minimum Gasteiger partial charge on any atom is -0.372 e. The number of nitrogens with zero attached hydrogens (tertiary/aromatic N) is 1. The summed E-state index contributed by atoms with van der Waals surface area (Å²) in [5, 5.41) is 0. The Labute approximate surface area is 107 Å². The van der Waals surface area contributed by atoms with Crippen LogP contribution in [0.4, 0.5) is 13.2 Å². The molecule has 0 atom stereocenters. The zero-order valence-electron chi connectivity index (χ0n) is 11.3. The van der Waals surface area contributed by atoms with Crippen LogP contribution in [-0.2, 0) is 4.74 Å². The first-order valence-corrected chi connectivity index (χ1v) is 6.42. The molecule has 0 unspecified atom stereocenters. The first-order chi connectivity index (χ1) is 8.35. The van der Waals surface area contributed by atoms with Gasteiger partial charge in [0.1, 0.15) is 6.61 Å². The van der Waals surface area contributed by atoms with E-state index in [1.807, 2.05) is 0 Å². The molecule has 0 saturated carbocycles. The number of nitrogens with two attached hydrogens (primary N) is 1. The van der Waals surface area contributed by atoms with Gasteiger partial charge >= 0.3 is 6.18 Å². The summed E-state index contributed by atoms with van der Waals surface area (Å²) < 4.78 is 40.1. The van der Waals surface area contributed by atoms with Crippen LogP contribution in [0.25, 0.3) is 0 Å². The van der Waals surface area contributed by atoms with Gasteiger partial charge in [-0.1, -0.05) is 13.8 Å². The van der Waals surface area contributed by atoms with Gasteiger partial charge < -0.3 is 15.4 Å². The first kappa shape index (κ1) is 17.7. The molecule has 0 spiro atoms. The van der Waals surface area contributed by atoms with E-state index >= 15 is 0 Å². The summed E-state index contributed by atoms with van der Waals surface area (Å²) in [4.78, 5) is 2.23. The van der Waals surface area contributed by atoms with Crippen molar-refractivity contribution in [2.75, 3.05) is 39.4 Å². The Morgan fingerprint density at radius 3 is 2.28 bits per heavy atom. The van der Waals surface area contributed by atoms with Crippen LogP contribution in [0.2, 0.25) is 0 Å². The summed E-state index contributed by atoms with van der Waals surface area (Å²) in [7, 11) is 0. The summed E-state index contributed by atoms with van der Waals surface area (Å²) in [5.74, 6) is 0.541. The third-order valence-corrected chi connectivity index (χ3v) is 2.33. The first-order valence-electron chi connectivity index (χ1n) is 6.42. The van der Waals surface area contributed by atoms with Gasteiger partial charge in [0.2, 0.25) is 0 Å². The van der Waals surface area contributed by atoms with E-state index in [1.54, 1.807) is 0 Å². The Morgan fingerprint density at radius 2 is 1.78 bits per heavy atom. The number of alkyl halides is 3. The minimum atomic E-state index is -4.23. The topological polar surface area (TPSA) is 38.5 Å². The van der Waals surface area contributed by atoms with Gasteiger partial charge in [-0.2, -0.15) is 13.2 Å². The van der Waals surface area contributed by atoms with Crippen molar-refractivity contribution in [1.29, 1.82) is 0 Å². The molecule has 0 aromatic rings. The van der Waals surface area contributed by atoms with E-state index in [1.165, 1.54) is 0 Å². The van der Waals surface area contributed by atoms with Crippen molar-refractivity contribution in [3.8, 4) is 0 Å². The van der Waals surface area contributed by atoms with Crippen LogP contribution in [0, 0.1) is 5.92 Å². The number of halogens is 3. The molecule has 0 aliphatic carbocycles. The van der Waals surface area contributed by atoms with Gasteiger partial charge in [-0.15, -0.1) is 0 Å². The number of hydrogen-bond donors (Lipinski definition) is 1. The van der Waals surface area contributed by atoms with Crippen LogP contribution in [0.15, 0.2) is 0 Å². The lowest BCUT2D eigenvalue weighted by molar-refractivity contribution is -0.174. The summed E-state index contributed by atoms with van der Waals surface area (Å²) in [6, 6.07) is 0. The van der Waals surface area contributed by atoms with Gasteiger partial charge in [-0.25, -0.2) is 0 Å². The van der Waals surface area contributed by atoms with E-state index < -0.39 is 12.8 Å². The smallest absolute Gasteiger partial charge is 0.372 e. The summed E-state index contributed by atoms with van der Waals surface area (Å²) in [6.07, 6.45) is -2.69. The Morgan fingerprint density at radius 1 is 1.17 bits per heavy atom. The molecule has 110 valence electrons. The highest BCUT2D eigenvalue weighted by Gasteiger charge is 2.27. The molecule has 2 N–H and O–H groups in total. The lowest BCUT2D eigenvalue weighted by Gasteiger charge is -2.24. The fourth-order valence-electron chi connectivity index (χ4n) is 1.70. The molecule has 3 nitrogen and oxygen atoms in total. The molecule has 0 aliphatic rings. The zero-order valence-corrected chi connectivity index (χ0v) is 11.3. The molecule has 0 aliphatic heterocycles. The van der Waals surface area contributed by atoms with Crippen LogP contribution in [0.5, 0.6) is 0 Å². The van der Waals surface area contributed by atoms with Crippen LogP contribution in [0.3, 0.4) is 0 Å². The molecule has 0 saturated heterocycles. The summed E-state index contributed by atoms with van der Waals surface area (Å²) in [6.45, 7) is 6.48. The predicted octanol–water partition coefficient (Wildman–Crippen LogP) is 2.26. The monoisotopic (exact) mass is 270 g/mol. The van der Waals surface area contributed by atoms with Gasteiger partial charge in [0.25, 0.3) is 0 Å². The van der Waals surface area contributed by atoms with E-state index in [0.717, 1.165) is 26.1 Å². The quantitative estimate of drug-likeness (QED) is 0.619. The second-order valence-electron chi connectivity index (χ2n) is 4.86. The van der Waals surface area contributed by atoms with Crippen molar-refractivity contribution >= 4 is 0 Å². The van der Waals surface area contributed by atoms with Crippen molar-refractivity contribution in [2.45, 2.75) is 32.9 Å². The maximum absolute atomic E-state index is 11.8. The van der Waals surface area contributed by atoms with E-state index in [9.17, 15) is 13.2 Å². The lowest BCUT2D eigenvalue weighted by Crippen LogP contribution is -2.31. The number of rotatable bonds is 10. The van der Waals surface area contributed by atoms with Crippen LogP contribution in [0.1, 0.15) is 26.7 Å². The highest BCUT2D eigenvalue weighted by atomic mass is 19.4. The van der Waals surface area contributed by atoms with E-state index in [2.05, 4.69) is 23.5 Å². The van der Waals surface area contributed by atoms with Crippen LogP contribution in [-0.4, -0.2) is 50.5 Å². The van der Waals surface area contributed by atoms with E-state index in [-0.39, 0.29) is 6.61 Å². The predicted molar refractivity (Wildman–Crippen MR) is 66.4 cm³/mol. The molecule has 0 amide bonds. The largest absolute Gasteiger partial charge is 0.411 e. The number of ether oxygens (including phenoxy) is 1. The molecule has 6 heteroatoms. The average molecular weight is 270 g/mol. The Balaban J connectivity index is 3.68. The molecule has 0 radical (unpaired) electrons. The fourth-order valence-corrected chi connectivity index (χ4v) is 1.70. The third kappa shape index (κ3) is 12.1. The molecular formula is C12H25F3N2O. The Hall–Kier alpha value is -0.330. The Kier molecular flexibility index (Phi) is 9.40. The van der Waals surface area contributed by atoms with Gasteiger partial charge in [0.05, 0.1) is 0 Å². The zero-order chi connectivity index (χ0) is 14.0. The lowest BCUT2D eigenvalue weighted by atomic mass is 10.2. The SMILES string of the molecule is CC(C)CN(CCCN)CCCOCC(F)(F)F. The summed E-state index contributed by atoms with van der Waals surface area (Å²) >= 11 is 0. The molecular weight excluding hydrogens is 245 g/mol. The van der Waals surface area contributed by atoms with Crippen LogP contribution < -0.4 is 5.73 Å². The van der Waals surface area contributed by atoms with Crippen molar-refractivity contribution in [3.05, 3.63) is 0 Å². The molecule has 18 heavy (non-hydrogen) atoms. The van der Waals surface area contributed by atoms with Gasteiger partial charge in [0.15, 0.2) is 0 Å². The summed E-state index contributed by atoms with van der Waals surface area (Å²) in [5.41, 5.74) is 5.46. The van der Waals surface area contributed by atoms with Crippen molar-refractivity contribution < 1.29 is 17.9 Å². The molecule has 0 fully saturated rings. The molecule has 0 heterocycles. The standard InChI is InChI=1S/C12H25F3N2O/c1-11(2)9-17(6-3-5-16)7-4-8-18-10-12(13,14)15/h11H,3-10,16H2,1-2H3. The maximum atomic E-state index is 11.8.